The second-order valence-corrected chi connectivity index (χ2v) is 15.3. The molecule has 1 saturated carbocycles. The molecule has 5 N–H and O–H groups in total. The Balaban J connectivity index is 1.31. The zero-order valence-electron chi connectivity index (χ0n) is 34.6. The van der Waals surface area contributed by atoms with Crippen LogP contribution in [0.1, 0.15) is 17.5 Å². The quantitative estimate of drug-likeness (QED) is 0.0724. The Morgan fingerprint density at radius 1 is 0.545 bits per heavy atom. The molecule has 3 saturated heterocycles. The minimum absolute atomic E-state index is 0.0787. The fourth-order valence-corrected chi connectivity index (χ4v) is 8.06. The number of halogens is 1. The molecule has 0 aromatic heterocycles. The number of aliphatic hydroxyl groups excluding tert-OH is 5. The summed E-state index contributed by atoms with van der Waals surface area (Å²) in [6, 6.07) is 13.1. The van der Waals surface area contributed by atoms with E-state index < -0.39 is 136 Å². The number of azide groups is 5. The third kappa shape index (κ3) is 11.9. The summed E-state index contributed by atoms with van der Waals surface area (Å²) in [6.45, 7) is -2.07. The average Bonchev–Trinajstić information content (AvgIpc) is 3.62. The predicted octanol–water partition coefficient (Wildman–Crippen LogP) is 3.32. The van der Waals surface area contributed by atoms with Gasteiger partial charge < -0.3 is 63.4 Å². The van der Waals surface area contributed by atoms with E-state index in [1.165, 1.54) is 0 Å². The van der Waals surface area contributed by atoms with Gasteiger partial charge in [0.25, 0.3) is 0 Å². The second kappa shape index (κ2) is 24.3. The lowest BCUT2D eigenvalue weighted by Crippen LogP contribution is -2.63. The molecule has 0 spiro atoms. The molecule has 0 amide bonds. The van der Waals surface area contributed by atoms with E-state index in [1.807, 2.05) is 0 Å². The van der Waals surface area contributed by atoms with Crippen molar-refractivity contribution in [2.24, 2.45) is 25.6 Å². The number of hydrogen-bond acceptors (Lipinski definition) is 18. The molecular weight excluding hydrogens is 881 g/mol. The molecular formula is C37H46FN15O13. The molecule has 29 heteroatoms. The van der Waals surface area contributed by atoms with Crippen LogP contribution in [0.5, 0.6) is 0 Å². The number of nitrogens with zero attached hydrogens (tertiary/aromatic N) is 15. The zero-order valence-corrected chi connectivity index (χ0v) is 34.6. The summed E-state index contributed by atoms with van der Waals surface area (Å²) in [6.07, 6.45) is -27.4. The molecule has 4 aliphatic rings. The van der Waals surface area contributed by atoms with Crippen molar-refractivity contribution in [2.45, 2.75) is 136 Å². The lowest BCUT2D eigenvalue weighted by atomic mass is 9.84. The number of hydrogen-bond donors (Lipinski definition) is 5. The predicted molar refractivity (Wildman–Crippen MR) is 218 cm³/mol. The van der Waals surface area contributed by atoms with Gasteiger partial charge in [-0.3, -0.25) is 0 Å². The Hall–Kier alpha value is -5.60. The lowest BCUT2D eigenvalue weighted by Gasteiger charge is -2.47. The van der Waals surface area contributed by atoms with Crippen LogP contribution in [0.25, 0.3) is 52.2 Å². The fraction of sp³-hybridized carbons (Fsp3) is 0.676. The van der Waals surface area contributed by atoms with Crippen molar-refractivity contribution in [1.82, 2.24) is 0 Å². The van der Waals surface area contributed by atoms with E-state index in [0.717, 1.165) is 0 Å². The minimum atomic E-state index is -2.05. The molecule has 2 aromatic rings. The van der Waals surface area contributed by atoms with Gasteiger partial charge in [0.05, 0.1) is 75.5 Å². The smallest absolute Gasteiger partial charge is 0.187 e. The number of aliphatic hydroxyl groups is 5. The van der Waals surface area contributed by atoms with Crippen molar-refractivity contribution >= 4 is 0 Å². The zero-order chi connectivity index (χ0) is 47.2. The molecule has 354 valence electrons. The molecule has 0 radical (unpaired) electrons. The summed E-state index contributed by atoms with van der Waals surface area (Å²) in [5.41, 5.74) is 47.7. The van der Waals surface area contributed by atoms with Gasteiger partial charge in [-0.25, -0.2) is 4.39 Å². The fourth-order valence-electron chi connectivity index (χ4n) is 8.06. The van der Waals surface area contributed by atoms with Crippen LogP contribution in [0.15, 0.2) is 86.2 Å². The van der Waals surface area contributed by atoms with Crippen molar-refractivity contribution in [3.8, 4) is 0 Å². The van der Waals surface area contributed by atoms with E-state index in [-0.39, 0.29) is 19.6 Å². The standard InChI is InChI=1S/C37H46FN15O13/c38-24-31(59-15-17-7-3-1-4-8-17)22(13-45-50-40)62-37(33(24)60-16-18-9-5-2-6-10-18)64-30-20(47-52-42)11-19(46-51-41)26(55)34(30)66-36-29(58)32(23(14-54)63-36)65-35-25(48-53-43)28(57)27(56)21(61-35)12-44-49-39/h1-10,19-37,54-58H,11-16H2/t19?,20?,21-,22+,23+,24-,25?,26-,27+,28+,29+,30+,31+,32+,33+,34+,35+,36-,37+/m0/s1. The molecule has 3 heterocycles. The highest BCUT2D eigenvalue weighted by Gasteiger charge is 2.56. The van der Waals surface area contributed by atoms with Crippen molar-refractivity contribution in [3.05, 3.63) is 124 Å². The Labute approximate surface area is 372 Å². The Bertz CT molecular complexity index is 2130. The molecule has 3 unspecified atom stereocenters. The van der Waals surface area contributed by atoms with Gasteiger partial charge in [0.15, 0.2) is 25.0 Å². The maximum atomic E-state index is 17.1. The SMILES string of the molecule is [N-]=[N+]=NC[C@@H]1O[C@H](O[C@H]2[C@@H](O)[C@H](O[C@H]3[C@H](O[C@H]4O[C@H](CN=[N+]=[N-])[C@@H](OCc5ccccc5)[C@H](F)[C@H]4OCc4ccccc4)C(N=[N+]=[N-])CC(N=[N+]=[N-])[C@@H]3O)O[C@@H]2CO)C(N=[N+]=[N-])[C@@H](O)[C@@H]1O. The van der Waals surface area contributed by atoms with Gasteiger partial charge in [0, 0.05) is 24.6 Å². The van der Waals surface area contributed by atoms with Crippen molar-refractivity contribution in [3.63, 3.8) is 0 Å². The molecule has 3 aliphatic heterocycles. The maximum Gasteiger partial charge on any atom is 0.187 e. The first-order chi connectivity index (χ1) is 32.1. The van der Waals surface area contributed by atoms with Gasteiger partial charge in [0.2, 0.25) is 0 Å². The van der Waals surface area contributed by atoms with Crippen molar-refractivity contribution in [2.75, 3.05) is 19.7 Å². The first-order valence-electron chi connectivity index (χ1n) is 20.4. The summed E-state index contributed by atoms with van der Waals surface area (Å²) in [5.74, 6) is 0. The molecule has 6 rings (SSSR count). The first kappa shape index (κ1) is 49.8. The minimum Gasteiger partial charge on any atom is -0.394 e. The van der Waals surface area contributed by atoms with Crippen LogP contribution in [0.3, 0.4) is 0 Å². The Kier molecular flexibility index (Phi) is 18.3. The topological polar surface area (TPSA) is 419 Å². The molecule has 0 bridgehead atoms. The molecule has 19 atom stereocenters. The third-order valence-corrected chi connectivity index (χ3v) is 11.3. The van der Waals surface area contributed by atoms with Crippen molar-refractivity contribution < 1.29 is 67.8 Å². The Morgan fingerprint density at radius 3 is 1.67 bits per heavy atom. The molecule has 2 aromatic carbocycles. The summed E-state index contributed by atoms with van der Waals surface area (Å²) < 4.78 is 65.6. The lowest BCUT2D eigenvalue weighted by molar-refractivity contribution is -0.334. The van der Waals surface area contributed by atoms with Crippen LogP contribution in [0, 0.1) is 0 Å². The molecule has 28 nitrogen and oxygen atoms in total. The van der Waals surface area contributed by atoms with Gasteiger partial charge in [-0.05, 0) is 45.2 Å². The van der Waals surface area contributed by atoms with Crippen LogP contribution in [-0.4, -0.2) is 162 Å². The van der Waals surface area contributed by atoms with E-state index in [4.69, 9.17) is 43.4 Å². The van der Waals surface area contributed by atoms with E-state index in [1.54, 1.807) is 60.7 Å². The van der Waals surface area contributed by atoms with Gasteiger partial charge in [-0.2, -0.15) is 0 Å². The van der Waals surface area contributed by atoms with Gasteiger partial charge in [-0.15, -0.1) is 0 Å². The van der Waals surface area contributed by atoms with Crippen LogP contribution < -0.4 is 0 Å². The van der Waals surface area contributed by atoms with E-state index >= 15 is 4.39 Å². The number of rotatable bonds is 20. The highest BCUT2D eigenvalue weighted by atomic mass is 19.1. The van der Waals surface area contributed by atoms with E-state index in [9.17, 15) is 47.7 Å². The molecule has 4 fully saturated rings. The summed E-state index contributed by atoms with van der Waals surface area (Å²) >= 11 is 0. The van der Waals surface area contributed by atoms with Gasteiger partial charge >= 0.3 is 0 Å². The first-order valence-corrected chi connectivity index (χ1v) is 20.4. The summed E-state index contributed by atoms with van der Waals surface area (Å²) in [5, 5.41) is 73.0. The van der Waals surface area contributed by atoms with Crippen LogP contribution in [0.4, 0.5) is 4.39 Å². The van der Waals surface area contributed by atoms with Crippen LogP contribution in [-0.2, 0) is 51.1 Å². The number of alkyl halides is 1. The summed E-state index contributed by atoms with van der Waals surface area (Å²) in [4.78, 5) is 13.7. The average molecular weight is 928 g/mol. The summed E-state index contributed by atoms with van der Waals surface area (Å²) in [7, 11) is 0. The highest BCUT2D eigenvalue weighted by molar-refractivity contribution is 5.15. The maximum absolute atomic E-state index is 17.1. The van der Waals surface area contributed by atoms with Gasteiger partial charge in [-0.1, -0.05) is 86.2 Å². The second-order valence-electron chi connectivity index (χ2n) is 15.3. The van der Waals surface area contributed by atoms with Crippen molar-refractivity contribution in [1.29, 1.82) is 0 Å². The highest BCUT2D eigenvalue weighted by Crippen LogP contribution is 2.39. The largest absolute Gasteiger partial charge is 0.394 e. The monoisotopic (exact) mass is 927 g/mol. The third-order valence-electron chi connectivity index (χ3n) is 11.3. The van der Waals surface area contributed by atoms with E-state index in [0.29, 0.717) is 11.1 Å². The van der Waals surface area contributed by atoms with Crippen LogP contribution in [0.2, 0.25) is 0 Å². The number of ether oxygens (including phenoxy) is 8. The normalized spacial score (nSPS) is 37.5. The van der Waals surface area contributed by atoms with Crippen LogP contribution >= 0.6 is 0 Å². The van der Waals surface area contributed by atoms with Gasteiger partial charge in [0.1, 0.15) is 48.8 Å². The van der Waals surface area contributed by atoms with E-state index in [2.05, 4.69) is 50.1 Å². The molecule has 1 aliphatic carbocycles. The number of benzene rings is 2. The Morgan fingerprint density at radius 2 is 1.08 bits per heavy atom. The molecule has 66 heavy (non-hydrogen) atoms.